The molecule has 0 aliphatic heterocycles. The Bertz CT molecular complexity index is 826. The maximum absolute atomic E-state index is 7.50. The lowest BCUT2D eigenvalue weighted by atomic mass is 10.1. The van der Waals surface area contributed by atoms with Crippen molar-refractivity contribution in [1.29, 1.82) is 0 Å². The first-order chi connectivity index (χ1) is 19.2. The van der Waals surface area contributed by atoms with E-state index in [1.54, 1.807) is 0 Å². The summed E-state index contributed by atoms with van der Waals surface area (Å²) in [4.78, 5) is 0. The van der Waals surface area contributed by atoms with Crippen LogP contribution in [0.25, 0.3) is 0 Å². The van der Waals surface area contributed by atoms with Crippen molar-refractivity contribution >= 4 is 33.3 Å². The zero-order chi connectivity index (χ0) is 29.8. The van der Waals surface area contributed by atoms with Crippen LogP contribution in [0.2, 0.25) is 74.5 Å². The lowest BCUT2D eigenvalue weighted by molar-refractivity contribution is -0.390. The molecule has 0 aromatic heterocycles. The van der Waals surface area contributed by atoms with E-state index >= 15 is 0 Å². The summed E-state index contributed by atoms with van der Waals surface area (Å²) >= 11 is 0. The van der Waals surface area contributed by atoms with Gasteiger partial charge in [0.15, 0.2) is 0 Å². The Hall–Kier alpha value is -0.332. The van der Waals surface area contributed by atoms with Gasteiger partial charge < -0.3 is 17.7 Å². The molecule has 0 saturated heterocycles. The Morgan fingerprint density at radius 3 is 0.805 bits per heavy atom. The normalized spacial score (nSPS) is 29.5. The molecule has 0 bridgehead atoms. The van der Waals surface area contributed by atoms with Crippen LogP contribution in [0.5, 0.6) is 0 Å². The molecule has 0 heterocycles. The van der Waals surface area contributed by atoms with Gasteiger partial charge in [-0.15, -0.1) is 0 Å². The van der Waals surface area contributed by atoms with Crippen LogP contribution in [0.3, 0.4) is 0 Å². The highest BCUT2D eigenvalue weighted by molar-refractivity contribution is 6.76. The van der Waals surface area contributed by atoms with Gasteiger partial charge in [0, 0.05) is 0 Å². The molecule has 4 atom stereocenters. The van der Waals surface area contributed by atoms with Crippen molar-refractivity contribution in [2.24, 2.45) is 0 Å². The van der Waals surface area contributed by atoms with Gasteiger partial charge in [0.2, 0.25) is 33.3 Å². The average Bonchev–Trinajstić information content (AvgIpc) is 2.94. The first-order valence-corrected chi connectivity index (χ1v) is 28.7. The molecule has 4 rings (SSSR count). The largest absolute Gasteiger partial charge is 0.373 e. The molecule has 4 nitrogen and oxygen atoms in total. The zero-order valence-corrected chi connectivity index (χ0v) is 31.5. The first-order valence-electron chi connectivity index (χ1n) is 16.7. The van der Waals surface area contributed by atoms with E-state index in [0.29, 0.717) is 22.2 Å². The topological polar surface area (TPSA) is 36.9 Å². The molecule has 0 N–H and O–H groups in total. The molecule has 0 fully saturated rings. The Kier molecular flexibility index (Phi) is 11.3. The highest BCUT2D eigenvalue weighted by atomic mass is 28.4. The monoisotopic (exact) mass is 632 g/mol. The Balaban J connectivity index is 1.79. The van der Waals surface area contributed by atoms with E-state index < -0.39 is 39.4 Å². The predicted molar refractivity (Wildman–Crippen MR) is 184 cm³/mol. The van der Waals surface area contributed by atoms with E-state index in [1.807, 2.05) is 0 Å². The second-order valence-corrected chi connectivity index (χ2v) is 31.8. The summed E-state index contributed by atoms with van der Waals surface area (Å²) in [5.74, 6) is 0. The maximum atomic E-state index is 7.50. The maximum Gasteiger partial charge on any atom is 0.373 e. The lowest BCUT2D eigenvalue weighted by Crippen LogP contribution is -2.64. The van der Waals surface area contributed by atoms with E-state index in [0.717, 1.165) is 0 Å². The van der Waals surface area contributed by atoms with E-state index in [4.69, 9.17) is 17.7 Å². The second kappa shape index (κ2) is 13.8. The highest BCUT2D eigenvalue weighted by Crippen LogP contribution is 2.47. The third kappa shape index (κ3) is 8.87. The standard InChI is InChI=1S/C33H60O4Si4/c1-38(2,29-21-13-9-14-22-29)34-33(35-39(3,4)30-23-15-10-16-24-30,36-40(5,6)31-25-17-11-18-26-31)37-41(7,8)32-27-19-12-20-28-32/h13,15,17,19,21,23,25,27,29-32H,9-12,14,16,18,20,22,24,26,28H2,1-8H3. The number of hydrogen-bond acceptors (Lipinski definition) is 4. The number of allylic oxidation sites excluding steroid dienone is 8. The lowest BCUT2D eigenvalue weighted by Gasteiger charge is -2.52. The van der Waals surface area contributed by atoms with Crippen molar-refractivity contribution in [2.75, 3.05) is 0 Å². The average molecular weight is 633 g/mol. The fraction of sp³-hybridized carbons (Fsp3) is 0.758. The van der Waals surface area contributed by atoms with Crippen LogP contribution in [-0.4, -0.2) is 39.4 Å². The third-order valence-corrected chi connectivity index (χ3v) is 22.3. The molecule has 4 unspecified atom stereocenters. The van der Waals surface area contributed by atoms with Crippen LogP contribution >= 0.6 is 0 Å². The van der Waals surface area contributed by atoms with Crippen molar-refractivity contribution in [3.05, 3.63) is 48.6 Å². The minimum Gasteiger partial charge on any atom is -0.348 e. The molecule has 4 aliphatic carbocycles. The molecule has 4 aliphatic rings. The second-order valence-electron chi connectivity index (χ2n) is 15.2. The van der Waals surface area contributed by atoms with E-state index in [9.17, 15) is 0 Å². The molecular weight excluding hydrogens is 573 g/mol. The SMILES string of the molecule is C[Si](C)(OC(O[Si](C)(C)C1C=CCCC1)(O[Si](C)(C)C1C=CCCC1)O[Si](C)(C)C1C=CCCC1)C1C=CCCC1. The number of hydrogen-bond donors (Lipinski definition) is 0. The van der Waals surface area contributed by atoms with Crippen LogP contribution in [-0.2, 0) is 17.7 Å². The van der Waals surface area contributed by atoms with Crippen LogP contribution in [0.1, 0.15) is 77.0 Å². The Morgan fingerprint density at radius 2 is 0.634 bits per heavy atom. The molecule has 232 valence electrons. The summed E-state index contributed by atoms with van der Waals surface area (Å²) in [7, 11) is -9.34. The van der Waals surface area contributed by atoms with Gasteiger partial charge in [-0.1, -0.05) is 48.6 Å². The van der Waals surface area contributed by atoms with Gasteiger partial charge in [0.25, 0.3) is 0 Å². The summed E-state index contributed by atoms with van der Waals surface area (Å²) in [5, 5.41) is 0. The molecule has 41 heavy (non-hydrogen) atoms. The summed E-state index contributed by atoms with van der Waals surface area (Å²) in [6.45, 7) is 19.0. The minimum atomic E-state index is -2.33. The van der Waals surface area contributed by atoms with Gasteiger partial charge in [-0.25, -0.2) is 0 Å². The fourth-order valence-corrected chi connectivity index (χ4v) is 17.5. The Labute approximate surface area is 256 Å². The van der Waals surface area contributed by atoms with Gasteiger partial charge in [-0.3, -0.25) is 0 Å². The fourth-order valence-electron chi connectivity index (χ4n) is 7.28. The van der Waals surface area contributed by atoms with Crippen LogP contribution in [0.4, 0.5) is 0 Å². The van der Waals surface area contributed by atoms with Crippen LogP contribution in [0.15, 0.2) is 48.6 Å². The summed E-state index contributed by atoms with van der Waals surface area (Å²) in [6.07, 6.45) is 32.0. The van der Waals surface area contributed by atoms with Gasteiger partial charge in [0.1, 0.15) is 0 Å². The van der Waals surface area contributed by atoms with E-state index in [1.165, 1.54) is 77.0 Å². The summed E-state index contributed by atoms with van der Waals surface area (Å²) in [6, 6.07) is 0. The quantitative estimate of drug-likeness (QED) is 0.122. The molecule has 0 spiro atoms. The van der Waals surface area contributed by atoms with Gasteiger partial charge in [-0.05, 0) is 152 Å². The van der Waals surface area contributed by atoms with Crippen LogP contribution in [0, 0.1) is 0 Å². The van der Waals surface area contributed by atoms with Crippen molar-refractivity contribution in [3.8, 4) is 0 Å². The van der Waals surface area contributed by atoms with Gasteiger partial charge in [0.05, 0.1) is 0 Å². The molecular formula is C33H60O4Si4. The Morgan fingerprint density at radius 1 is 0.415 bits per heavy atom. The van der Waals surface area contributed by atoms with E-state index in [2.05, 4.69) is 101 Å². The third-order valence-electron chi connectivity index (χ3n) is 10.1. The van der Waals surface area contributed by atoms with Gasteiger partial charge in [-0.2, -0.15) is 0 Å². The van der Waals surface area contributed by atoms with Crippen molar-refractivity contribution < 1.29 is 17.7 Å². The number of rotatable bonds is 12. The molecule has 0 saturated carbocycles. The smallest absolute Gasteiger partial charge is 0.348 e. The predicted octanol–water partition coefficient (Wildman–Crippen LogP) is 10.9. The van der Waals surface area contributed by atoms with Crippen molar-refractivity contribution in [1.82, 2.24) is 0 Å². The summed E-state index contributed by atoms with van der Waals surface area (Å²) in [5.41, 5.74) is 1.74. The molecule has 0 aromatic rings. The van der Waals surface area contributed by atoms with Gasteiger partial charge >= 0.3 is 6.16 Å². The van der Waals surface area contributed by atoms with Crippen LogP contribution < -0.4 is 0 Å². The molecule has 0 radical (unpaired) electrons. The molecule has 0 amide bonds. The zero-order valence-electron chi connectivity index (χ0n) is 27.5. The first kappa shape index (κ1) is 33.6. The molecule has 8 heteroatoms. The summed E-state index contributed by atoms with van der Waals surface area (Å²) < 4.78 is 30.0. The highest BCUT2D eigenvalue weighted by Gasteiger charge is 2.56. The molecule has 0 aromatic carbocycles. The minimum absolute atomic E-state index is 0.435. The van der Waals surface area contributed by atoms with E-state index in [-0.39, 0.29) is 0 Å². The van der Waals surface area contributed by atoms with Crippen molar-refractivity contribution in [2.45, 2.75) is 158 Å². The van der Waals surface area contributed by atoms with Crippen molar-refractivity contribution in [3.63, 3.8) is 0 Å².